The minimum Gasteiger partial charge on any atom is -0.391 e. The van der Waals surface area contributed by atoms with E-state index in [1.807, 2.05) is 6.92 Å². The van der Waals surface area contributed by atoms with Crippen LogP contribution in [0.25, 0.3) is 0 Å². The molecule has 1 aromatic rings. The summed E-state index contributed by atoms with van der Waals surface area (Å²) in [5, 5.41) is 20.2. The van der Waals surface area contributed by atoms with Crippen LogP contribution in [0.15, 0.2) is 12.1 Å². The Bertz CT molecular complexity index is 393. The van der Waals surface area contributed by atoms with Gasteiger partial charge in [0, 0.05) is 19.6 Å². The Kier molecular flexibility index (Phi) is 3.53. The number of aliphatic hydroxyl groups is 1. The molecular formula is C11H16N4O2. The topological polar surface area (TPSA) is 78.4 Å². The molecule has 0 aromatic carbocycles. The smallest absolute Gasteiger partial charge is 0.274 e. The lowest BCUT2D eigenvalue weighted by atomic mass is 10.3. The number of β-amino-alcohol motifs (C(OH)–C–C–N with tert-alkyl or cyclic N) is 1. The van der Waals surface area contributed by atoms with Crippen molar-refractivity contribution in [1.29, 1.82) is 0 Å². The number of nitrogens with one attached hydrogen (secondary N) is 1. The van der Waals surface area contributed by atoms with Crippen LogP contribution in [-0.2, 0) is 0 Å². The van der Waals surface area contributed by atoms with Gasteiger partial charge in [-0.3, -0.25) is 4.79 Å². The number of carbonyl (C=O) groups excluding carboxylic acids is 1. The van der Waals surface area contributed by atoms with Crippen molar-refractivity contribution in [1.82, 2.24) is 15.1 Å². The molecule has 1 aromatic heterocycles. The number of amides is 1. The third-order valence-electron chi connectivity index (χ3n) is 2.69. The largest absolute Gasteiger partial charge is 0.391 e. The Morgan fingerprint density at radius 1 is 1.59 bits per heavy atom. The summed E-state index contributed by atoms with van der Waals surface area (Å²) >= 11 is 0. The van der Waals surface area contributed by atoms with Crippen molar-refractivity contribution in [3.63, 3.8) is 0 Å². The molecule has 1 aliphatic rings. The maximum atomic E-state index is 12.0. The van der Waals surface area contributed by atoms with Crippen molar-refractivity contribution in [2.75, 3.05) is 25.0 Å². The summed E-state index contributed by atoms with van der Waals surface area (Å²) in [7, 11) is 0. The van der Waals surface area contributed by atoms with Crippen LogP contribution < -0.4 is 5.32 Å². The first-order valence-electron chi connectivity index (χ1n) is 5.75. The Morgan fingerprint density at radius 2 is 2.41 bits per heavy atom. The fourth-order valence-electron chi connectivity index (χ4n) is 1.81. The van der Waals surface area contributed by atoms with Gasteiger partial charge in [0.1, 0.15) is 5.82 Å². The van der Waals surface area contributed by atoms with E-state index in [9.17, 15) is 9.90 Å². The highest BCUT2D eigenvalue weighted by molar-refractivity contribution is 5.92. The summed E-state index contributed by atoms with van der Waals surface area (Å²) in [6.07, 6.45) is 0.224. The van der Waals surface area contributed by atoms with E-state index < -0.39 is 6.10 Å². The molecule has 0 aliphatic carbocycles. The maximum absolute atomic E-state index is 12.0. The van der Waals surface area contributed by atoms with Crippen LogP contribution >= 0.6 is 0 Å². The predicted octanol–water partition coefficient (Wildman–Crippen LogP) is 0.115. The molecule has 1 aliphatic heterocycles. The highest BCUT2D eigenvalue weighted by Crippen LogP contribution is 2.12. The molecule has 2 rings (SSSR count). The summed E-state index contributed by atoms with van der Waals surface area (Å²) in [5.41, 5.74) is 0.320. The van der Waals surface area contributed by atoms with Crippen molar-refractivity contribution in [2.24, 2.45) is 0 Å². The van der Waals surface area contributed by atoms with E-state index in [-0.39, 0.29) is 5.91 Å². The SMILES string of the molecule is CCNc1ccc(C(=O)N2CCC(O)C2)nn1. The van der Waals surface area contributed by atoms with Gasteiger partial charge in [-0.2, -0.15) is 0 Å². The number of nitrogens with zero attached hydrogens (tertiary/aromatic N) is 3. The van der Waals surface area contributed by atoms with Crippen LogP contribution in [0.2, 0.25) is 0 Å². The fourth-order valence-corrected chi connectivity index (χ4v) is 1.81. The van der Waals surface area contributed by atoms with Gasteiger partial charge in [0.2, 0.25) is 0 Å². The first-order valence-corrected chi connectivity index (χ1v) is 5.75. The highest BCUT2D eigenvalue weighted by atomic mass is 16.3. The van der Waals surface area contributed by atoms with Gasteiger partial charge < -0.3 is 15.3 Å². The Morgan fingerprint density at radius 3 is 2.94 bits per heavy atom. The highest BCUT2D eigenvalue weighted by Gasteiger charge is 2.26. The average Bonchev–Trinajstić information content (AvgIpc) is 2.76. The minimum atomic E-state index is -0.409. The molecule has 0 radical (unpaired) electrons. The van der Waals surface area contributed by atoms with Crippen LogP contribution in [0.1, 0.15) is 23.8 Å². The predicted molar refractivity (Wildman–Crippen MR) is 62.7 cm³/mol. The van der Waals surface area contributed by atoms with E-state index in [0.717, 1.165) is 6.54 Å². The summed E-state index contributed by atoms with van der Waals surface area (Å²) in [5.74, 6) is 0.489. The number of rotatable bonds is 3. The van der Waals surface area contributed by atoms with Crippen LogP contribution in [0.4, 0.5) is 5.82 Å². The van der Waals surface area contributed by atoms with E-state index >= 15 is 0 Å². The number of aromatic nitrogens is 2. The number of aliphatic hydroxyl groups excluding tert-OH is 1. The Labute approximate surface area is 99.7 Å². The quantitative estimate of drug-likeness (QED) is 0.779. The lowest BCUT2D eigenvalue weighted by Gasteiger charge is -2.14. The van der Waals surface area contributed by atoms with E-state index in [1.54, 1.807) is 17.0 Å². The monoisotopic (exact) mass is 236 g/mol. The zero-order valence-corrected chi connectivity index (χ0v) is 9.76. The fraction of sp³-hybridized carbons (Fsp3) is 0.545. The molecule has 0 spiro atoms. The number of likely N-dealkylation sites (tertiary alicyclic amines) is 1. The molecule has 1 saturated heterocycles. The molecule has 0 saturated carbocycles. The third-order valence-corrected chi connectivity index (χ3v) is 2.69. The van der Waals surface area contributed by atoms with Crippen LogP contribution in [-0.4, -0.2) is 51.8 Å². The molecule has 0 bridgehead atoms. The van der Waals surface area contributed by atoms with Crippen molar-refractivity contribution < 1.29 is 9.90 Å². The molecule has 2 N–H and O–H groups in total. The summed E-state index contributed by atoms with van der Waals surface area (Å²) < 4.78 is 0. The van der Waals surface area contributed by atoms with Crippen LogP contribution in [0.3, 0.4) is 0 Å². The zero-order chi connectivity index (χ0) is 12.3. The molecule has 6 heteroatoms. The molecule has 1 fully saturated rings. The van der Waals surface area contributed by atoms with E-state index in [0.29, 0.717) is 31.0 Å². The summed E-state index contributed by atoms with van der Waals surface area (Å²) in [6, 6.07) is 3.38. The summed E-state index contributed by atoms with van der Waals surface area (Å²) in [4.78, 5) is 13.6. The maximum Gasteiger partial charge on any atom is 0.274 e. The van der Waals surface area contributed by atoms with Gasteiger partial charge in [-0.1, -0.05) is 0 Å². The molecule has 92 valence electrons. The molecular weight excluding hydrogens is 220 g/mol. The average molecular weight is 236 g/mol. The number of hydrogen-bond acceptors (Lipinski definition) is 5. The molecule has 1 amide bonds. The van der Waals surface area contributed by atoms with Gasteiger partial charge in [0.05, 0.1) is 6.10 Å². The number of carbonyl (C=O) groups is 1. The van der Waals surface area contributed by atoms with Crippen molar-refractivity contribution >= 4 is 11.7 Å². The Balaban J connectivity index is 2.04. The van der Waals surface area contributed by atoms with Gasteiger partial charge >= 0.3 is 0 Å². The first-order chi connectivity index (χ1) is 8.20. The standard InChI is InChI=1S/C11H16N4O2/c1-2-12-10-4-3-9(13-14-10)11(17)15-6-5-8(16)7-15/h3-4,8,16H,2,5-7H2,1H3,(H,12,14). The first kappa shape index (κ1) is 11.8. The van der Waals surface area contributed by atoms with Crippen LogP contribution in [0, 0.1) is 0 Å². The van der Waals surface area contributed by atoms with Crippen molar-refractivity contribution in [2.45, 2.75) is 19.4 Å². The minimum absolute atomic E-state index is 0.169. The lowest BCUT2D eigenvalue weighted by molar-refractivity contribution is 0.0758. The second kappa shape index (κ2) is 5.09. The second-order valence-electron chi connectivity index (χ2n) is 4.03. The zero-order valence-electron chi connectivity index (χ0n) is 9.76. The van der Waals surface area contributed by atoms with Crippen molar-refractivity contribution in [3.05, 3.63) is 17.8 Å². The van der Waals surface area contributed by atoms with E-state index in [1.165, 1.54) is 0 Å². The van der Waals surface area contributed by atoms with Gasteiger partial charge in [0.25, 0.3) is 5.91 Å². The van der Waals surface area contributed by atoms with Crippen molar-refractivity contribution in [3.8, 4) is 0 Å². The van der Waals surface area contributed by atoms with Gasteiger partial charge in [-0.05, 0) is 25.5 Å². The van der Waals surface area contributed by atoms with Gasteiger partial charge in [-0.15, -0.1) is 10.2 Å². The molecule has 2 heterocycles. The van der Waals surface area contributed by atoms with Gasteiger partial charge in [0.15, 0.2) is 5.69 Å². The number of anilines is 1. The molecule has 6 nitrogen and oxygen atoms in total. The van der Waals surface area contributed by atoms with E-state index in [2.05, 4.69) is 15.5 Å². The Hall–Kier alpha value is -1.69. The molecule has 1 atom stereocenters. The normalized spacial score (nSPS) is 19.4. The number of hydrogen-bond donors (Lipinski definition) is 2. The van der Waals surface area contributed by atoms with Gasteiger partial charge in [-0.25, -0.2) is 0 Å². The molecule has 17 heavy (non-hydrogen) atoms. The summed E-state index contributed by atoms with van der Waals surface area (Å²) in [6.45, 7) is 3.69. The molecule has 1 unspecified atom stereocenters. The van der Waals surface area contributed by atoms with Crippen LogP contribution in [0.5, 0.6) is 0 Å². The lowest BCUT2D eigenvalue weighted by Crippen LogP contribution is -2.30. The van der Waals surface area contributed by atoms with E-state index in [4.69, 9.17) is 0 Å². The second-order valence-corrected chi connectivity index (χ2v) is 4.03. The third kappa shape index (κ3) is 2.71.